The molecule has 2 N–H and O–H groups in total. The molecule has 23 heavy (non-hydrogen) atoms. The Kier molecular flexibility index (Phi) is 4.14. The Balaban J connectivity index is 1.78. The minimum atomic E-state index is -0.524. The van der Waals surface area contributed by atoms with Gasteiger partial charge in [0.2, 0.25) is 5.91 Å². The van der Waals surface area contributed by atoms with Gasteiger partial charge in [-0.15, -0.1) is 0 Å². The quantitative estimate of drug-likeness (QED) is 0.933. The fraction of sp³-hybridized carbons (Fsp3) is 0.353. The average Bonchev–Trinajstić information content (AvgIpc) is 3.00. The molecule has 0 unspecified atom stereocenters. The number of aromatic nitrogens is 2. The maximum atomic E-state index is 12.7. The van der Waals surface area contributed by atoms with Crippen LogP contribution in [0.1, 0.15) is 45.3 Å². The summed E-state index contributed by atoms with van der Waals surface area (Å²) < 4.78 is 2.01. The first kappa shape index (κ1) is 15.3. The minimum Gasteiger partial charge on any atom is -0.366 e. The number of primary amides is 1. The number of carbonyl (C=O) groups is 2. The zero-order valence-corrected chi connectivity index (χ0v) is 13.1. The second-order valence-corrected chi connectivity index (χ2v) is 5.93. The Hall–Kier alpha value is -2.63. The number of imidazole rings is 1. The van der Waals surface area contributed by atoms with Crippen LogP contribution < -0.4 is 5.73 Å². The summed E-state index contributed by atoms with van der Waals surface area (Å²) in [6, 6.07) is 6.59. The number of aryl methyl sites for hydroxylation is 1. The number of nitrogens with two attached hydrogens (primary N) is 1. The molecular weight excluding hydrogens is 292 g/mol. The van der Waals surface area contributed by atoms with Gasteiger partial charge in [0.1, 0.15) is 5.82 Å². The number of rotatable bonds is 3. The number of hydrogen-bond donors (Lipinski definition) is 1. The molecule has 2 heterocycles. The molecule has 120 valence electrons. The number of carbonyl (C=O) groups excluding carboxylic acids is 2. The summed E-state index contributed by atoms with van der Waals surface area (Å²) >= 11 is 0. The van der Waals surface area contributed by atoms with Crippen LogP contribution >= 0.6 is 0 Å². The molecule has 1 aromatic carbocycles. The summed E-state index contributed by atoms with van der Waals surface area (Å²) in [4.78, 5) is 30.2. The fourth-order valence-electron chi connectivity index (χ4n) is 3.13. The molecule has 1 saturated heterocycles. The maximum absolute atomic E-state index is 12.7. The molecule has 0 spiro atoms. The van der Waals surface area contributed by atoms with Gasteiger partial charge < -0.3 is 15.2 Å². The predicted molar refractivity (Wildman–Crippen MR) is 86.0 cm³/mol. The first-order valence-electron chi connectivity index (χ1n) is 7.72. The Morgan fingerprint density at radius 3 is 2.78 bits per heavy atom. The van der Waals surface area contributed by atoms with Crippen LogP contribution in [0, 0.1) is 0 Å². The zero-order chi connectivity index (χ0) is 16.4. The van der Waals surface area contributed by atoms with Gasteiger partial charge in [0.15, 0.2) is 0 Å². The molecule has 6 nitrogen and oxygen atoms in total. The van der Waals surface area contributed by atoms with Crippen LogP contribution in [-0.2, 0) is 7.05 Å². The third-order valence-corrected chi connectivity index (χ3v) is 4.33. The lowest BCUT2D eigenvalue weighted by molar-refractivity contribution is 0.0703. The van der Waals surface area contributed by atoms with Gasteiger partial charge in [-0.3, -0.25) is 9.59 Å². The Morgan fingerprint density at radius 2 is 2.09 bits per heavy atom. The molecule has 1 fully saturated rings. The Labute approximate surface area is 134 Å². The molecule has 1 aliphatic heterocycles. The number of piperidine rings is 1. The van der Waals surface area contributed by atoms with Crippen molar-refractivity contribution in [2.75, 3.05) is 13.1 Å². The fourth-order valence-corrected chi connectivity index (χ4v) is 3.13. The van der Waals surface area contributed by atoms with Crippen LogP contribution in [0.15, 0.2) is 36.7 Å². The van der Waals surface area contributed by atoms with Gasteiger partial charge in [-0.05, 0) is 31.0 Å². The van der Waals surface area contributed by atoms with E-state index in [0.29, 0.717) is 17.7 Å². The summed E-state index contributed by atoms with van der Waals surface area (Å²) in [7, 11) is 1.97. The van der Waals surface area contributed by atoms with Crippen molar-refractivity contribution >= 4 is 11.8 Å². The lowest BCUT2D eigenvalue weighted by Crippen LogP contribution is -2.39. The lowest BCUT2D eigenvalue weighted by Gasteiger charge is -2.32. The first-order chi connectivity index (χ1) is 11.1. The van der Waals surface area contributed by atoms with Crippen LogP contribution in [0.5, 0.6) is 0 Å². The van der Waals surface area contributed by atoms with Gasteiger partial charge in [-0.2, -0.15) is 0 Å². The van der Waals surface area contributed by atoms with E-state index in [1.54, 1.807) is 30.5 Å². The predicted octanol–water partition coefficient (Wildman–Crippen LogP) is 1.54. The maximum Gasteiger partial charge on any atom is 0.253 e. The van der Waals surface area contributed by atoms with Crippen LogP contribution in [0.2, 0.25) is 0 Å². The summed E-state index contributed by atoms with van der Waals surface area (Å²) in [6.45, 7) is 1.37. The number of hydrogen-bond acceptors (Lipinski definition) is 3. The molecule has 1 aromatic heterocycles. The molecule has 0 aliphatic carbocycles. The molecule has 2 aromatic rings. The van der Waals surface area contributed by atoms with Crippen LogP contribution in [0.4, 0.5) is 0 Å². The Bertz CT molecular complexity index is 738. The number of amides is 2. The highest BCUT2D eigenvalue weighted by Gasteiger charge is 2.27. The zero-order valence-electron chi connectivity index (χ0n) is 13.1. The average molecular weight is 312 g/mol. The summed E-state index contributed by atoms with van der Waals surface area (Å²) in [5.41, 5.74) is 6.15. The Morgan fingerprint density at radius 1 is 1.30 bits per heavy atom. The smallest absolute Gasteiger partial charge is 0.253 e. The third-order valence-electron chi connectivity index (χ3n) is 4.33. The number of nitrogens with zero attached hydrogens (tertiary/aromatic N) is 3. The lowest BCUT2D eigenvalue weighted by atomic mass is 9.96. The van der Waals surface area contributed by atoms with E-state index in [1.165, 1.54) is 0 Å². The molecule has 6 heteroatoms. The molecule has 0 saturated carbocycles. The molecule has 2 amide bonds. The highest BCUT2D eigenvalue weighted by Crippen LogP contribution is 2.26. The van der Waals surface area contributed by atoms with E-state index >= 15 is 0 Å². The summed E-state index contributed by atoms with van der Waals surface area (Å²) in [5.74, 6) is 0.664. The monoisotopic (exact) mass is 312 g/mol. The second kappa shape index (κ2) is 6.24. The van der Waals surface area contributed by atoms with Crippen molar-refractivity contribution in [3.63, 3.8) is 0 Å². The minimum absolute atomic E-state index is 0.0630. The van der Waals surface area contributed by atoms with E-state index in [1.807, 2.05) is 22.7 Å². The van der Waals surface area contributed by atoms with Crippen LogP contribution in [0.25, 0.3) is 0 Å². The van der Waals surface area contributed by atoms with E-state index in [2.05, 4.69) is 4.98 Å². The SMILES string of the molecule is Cn1ccnc1[C@H]1CCCN(C(=O)c2cccc(C(N)=O)c2)C1. The first-order valence-corrected chi connectivity index (χ1v) is 7.72. The van der Waals surface area contributed by atoms with E-state index < -0.39 is 5.91 Å². The molecule has 0 radical (unpaired) electrons. The molecule has 3 rings (SSSR count). The van der Waals surface area contributed by atoms with E-state index in [-0.39, 0.29) is 11.8 Å². The van der Waals surface area contributed by atoms with E-state index in [4.69, 9.17) is 5.73 Å². The van der Waals surface area contributed by atoms with Gasteiger partial charge in [0, 0.05) is 49.6 Å². The van der Waals surface area contributed by atoms with Crippen LogP contribution in [-0.4, -0.2) is 39.4 Å². The normalized spacial score (nSPS) is 18.0. The van der Waals surface area contributed by atoms with Gasteiger partial charge in [0.05, 0.1) is 0 Å². The van der Waals surface area contributed by atoms with Gasteiger partial charge in [-0.25, -0.2) is 4.98 Å². The van der Waals surface area contributed by atoms with Crippen molar-refractivity contribution in [3.8, 4) is 0 Å². The van der Waals surface area contributed by atoms with Gasteiger partial charge >= 0.3 is 0 Å². The molecule has 1 aliphatic rings. The topological polar surface area (TPSA) is 81.2 Å². The van der Waals surface area contributed by atoms with Crippen molar-refractivity contribution in [3.05, 3.63) is 53.6 Å². The van der Waals surface area contributed by atoms with E-state index in [0.717, 1.165) is 25.2 Å². The highest BCUT2D eigenvalue weighted by molar-refractivity contribution is 5.99. The van der Waals surface area contributed by atoms with Crippen molar-refractivity contribution in [1.29, 1.82) is 0 Å². The largest absolute Gasteiger partial charge is 0.366 e. The molecule has 0 bridgehead atoms. The van der Waals surface area contributed by atoms with Crippen molar-refractivity contribution < 1.29 is 9.59 Å². The summed E-state index contributed by atoms with van der Waals surface area (Å²) in [5, 5.41) is 0. The number of benzene rings is 1. The molecular formula is C17H20N4O2. The van der Waals surface area contributed by atoms with Gasteiger partial charge in [0.25, 0.3) is 5.91 Å². The van der Waals surface area contributed by atoms with Crippen molar-refractivity contribution in [2.45, 2.75) is 18.8 Å². The number of likely N-dealkylation sites (tertiary alicyclic amines) is 1. The standard InChI is InChI=1S/C17H20N4O2/c1-20-9-7-19-16(20)14-6-3-8-21(11-14)17(23)13-5-2-4-12(10-13)15(18)22/h2,4-5,7,9-10,14H,3,6,8,11H2,1H3,(H2,18,22)/t14-/m0/s1. The third kappa shape index (κ3) is 3.11. The van der Waals surface area contributed by atoms with Crippen LogP contribution in [0.3, 0.4) is 0 Å². The highest BCUT2D eigenvalue weighted by atomic mass is 16.2. The van der Waals surface area contributed by atoms with E-state index in [9.17, 15) is 9.59 Å². The summed E-state index contributed by atoms with van der Waals surface area (Å²) in [6.07, 6.45) is 5.67. The van der Waals surface area contributed by atoms with Crippen molar-refractivity contribution in [1.82, 2.24) is 14.5 Å². The van der Waals surface area contributed by atoms with Gasteiger partial charge in [-0.1, -0.05) is 6.07 Å². The second-order valence-electron chi connectivity index (χ2n) is 5.93. The van der Waals surface area contributed by atoms with Crippen molar-refractivity contribution in [2.24, 2.45) is 12.8 Å². The molecule has 1 atom stereocenters.